The Labute approximate surface area is 120 Å². The van der Waals surface area contributed by atoms with Crippen LogP contribution in [0.4, 0.5) is 0 Å². The Morgan fingerprint density at radius 3 is 2.95 bits per heavy atom. The van der Waals surface area contributed by atoms with E-state index in [-0.39, 0.29) is 5.78 Å². The fourth-order valence-electron chi connectivity index (χ4n) is 2.66. The maximum Gasteiger partial charge on any atom is 0.163 e. The van der Waals surface area contributed by atoms with Gasteiger partial charge in [-0.15, -0.1) is 0 Å². The molecule has 1 aromatic carbocycles. The molecule has 0 amide bonds. The SMILES string of the molecule is COCC1CCN(CCOc2ccccc2C(C)=O)C1. The first-order valence-electron chi connectivity index (χ1n) is 7.14. The molecule has 0 bridgehead atoms. The lowest BCUT2D eigenvalue weighted by atomic mass is 10.1. The Morgan fingerprint density at radius 2 is 2.20 bits per heavy atom. The van der Waals surface area contributed by atoms with Crippen LogP contribution in [0.1, 0.15) is 23.7 Å². The second kappa shape index (κ2) is 7.41. The molecule has 1 atom stereocenters. The van der Waals surface area contributed by atoms with Crippen molar-refractivity contribution in [2.75, 3.05) is 40.0 Å². The Bertz CT molecular complexity index is 447. The molecule has 1 aromatic rings. The molecule has 1 saturated heterocycles. The molecule has 2 rings (SSSR count). The number of nitrogens with zero attached hydrogens (tertiary/aromatic N) is 1. The number of hydrogen-bond donors (Lipinski definition) is 0. The van der Waals surface area contributed by atoms with E-state index < -0.39 is 0 Å². The third-order valence-corrected chi connectivity index (χ3v) is 3.70. The summed E-state index contributed by atoms with van der Waals surface area (Å²) in [5, 5.41) is 0. The van der Waals surface area contributed by atoms with E-state index in [4.69, 9.17) is 9.47 Å². The number of Topliss-reactive ketones (excluding diaryl/α,β-unsaturated/α-hetero) is 1. The number of para-hydroxylation sites is 1. The first-order chi connectivity index (χ1) is 9.70. The van der Waals surface area contributed by atoms with Gasteiger partial charge in [-0.25, -0.2) is 0 Å². The van der Waals surface area contributed by atoms with Crippen LogP contribution >= 0.6 is 0 Å². The van der Waals surface area contributed by atoms with E-state index in [2.05, 4.69) is 4.90 Å². The summed E-state index contributed by atoms with van der Waals surface area (Å²) in [4.78, 5) is 13.9. The standard InChI is InChI=1S/C16H23NO3/c1-13(18)15-5-3-4-6-16(15)20-10-9-17-8-7-14(11-17)12-19-2/h3-6,14H,7-12H2,1-2H3. The van der Waals surface area contributed by atoms with Crippen LogP contribution in [0.25, 0.3) is 0 Å². The summed E-state index contributed by atoms with van der Waals surface area (Å²) in [6.45, 7) is 6.09. The maximum atomic E-state index is 11.5. The van der Waals surface area contributed by atoms with Crippen LogP contribution < -0.4 is 4.74 Å². The third-order valence-electron chi connectivity index (χ3n) is 3.70. The van der Waals surface area contributed by atoms with Crippen molar-refractivity contribution in [3.05, 3.63) is 29.8 Å². The topological polar surface area (TPSA) is 38.8 Å². The molecule has 0 aliphatic carbocycles. The van der Waals surface area contributed by atoms with Gasteiger partial charge in [-0.05, 0) is 37.9 Å². The van der Waals surface area contributed by atoms with E-state index in [1.165, 1.54) is 6.42 Å². The summed E-state index contributed by atoms with van der Waals surface area (Å²) < 4.78 is 11.0. The molecule has 0 spiro atoms. The van der Waals surface area contributed by atoms with Crippen molar-refractivity contribution >= 4 is 5.78 Å². The van der Waals surface area contributed by atoms with Crippen LogP contribution in [0.2, 0.25) is 0 Å². The number of hydrogen-bond acceptors (Lipinski definition) is 4. The minimum Gasteiger partial charge on any atom is -0.491 e. The van der Waals surface area contributed by atoms with E-state index in [1.807, 2.05) is 24.3 Å². The molecule has 1 aliphatic heterocycles. The summed E-state index contributed by atoms with van der Waals surface area (Å²) in [6, 6.07) is 7.42. The van der Waals surface area contributed by atoms with Gasteiger partial charge in [0.15, 0.2) is 5.78 Å². The molecule has 1 aliphatic rings. The highest BCUT2D eigenvalue weighted by molar-refractivity contribution is 5.96. The number of ether oxygens (including phenoxy) is 2. The fraction of sp³-hybridized carbons (Fsp3) is 0.562. The predicted molar refractivity (Wildman–Crippen MR) is 78.4 cm³/mol. The predicted octanol–water partition coefficient (Wildman–Crippen LogP) is 2.24. The number of likely N-dealkylation sites (tertiary alicyclic amines) is 1. The van der Waals surface area contributed by atoms with Gasteiger partial charge in [0.2, 0.25) is 0 Å². The van der Waals surface area contributed by atoms with Crippen LogP contribution in [-0.2, 0) is 4.74 Å². The van der Waals surface area contributed by atoms with E-state index in [1.54, 1.807) is 14.0 Å². The normalized spacial score (nSPS) is 19.2. The highest BCUT2D eigenvalue weighted by Gasteiger charge is 2.21. The number of ketones is 1. The summed E-state index contributed by atoms with van der Waals surface area (Å²) in [5.41, 5.74) is 0.659. The van der Waals surface area contributed by atoms with Crippen molar-refractivity contribution in [2.45, 2.75) is 13.3 Å². The van der Waals surface area contributed by atoms with Gasteiger partial charge in [0.1, 0.15) is 12.4 Å². The van der Waals surface area contributed by atoms with Gasteiger partial charge in [-0.3, -0.25) is 9.69 Å². The van der Waals surface area contributed by atoms with Gasteiger partial charge >= 0.3 is 0 Å². The van der Waals surface area contributed by atoms with Gasteiger partial charge in [-0.2, -0.15) is 0 Å². The van der Waals surface area contributed by atoms with Crippen LogP contribution in [0.15, 0.2) is 24.3 Å². The van der Waals surface area contributed by atoms with Crippen molar-refractivity contribution in [3.63, 3.8) is 0 Å². The molecule has 4 heteroatoms. The number of carbonyl (C=O) groups is 1. The number of benzene rings is 1. The minimum atomic E-state index is 0.0435. The van der Waals surface area contributed by atoms with Crippen molar-refractivity contribution in [2.24, 2.45) is 5.92 Å². The minimum absolute atomic E-state index is 0.0435. The molecule has 0 radical (unpaired) electrons. The molecular formula is C16H23NO3. The average Bonchev–Trinajstić information content (AvgIpc) is 2.87. The molecule has 0 saturated carbocycles. The highest BCUT2D eigenvalue weighted by atomic mass is 16.5. The van der Waals surface area contributed by atoms with Crippen LogP contribution in [-0.4, -0.2) is 50.6 Å². The monoisotopic (exact) mass is 277 g/mol. The number of methoxy groups -OCH3 is 1. The molecule has 1 heterocycles. The van der Waals surface area contributed by atoms with Crippen molar-refractivity contribution in [3.8, 4) is 5.75 Å². The van der Waals surface area contributed by atoms with Crippen molar-refractivity contribution in [1.29, 1.82) is 0 Å². The van der Waals surface area contributed by atoms with Gasteiger partial charge in [0.25, 0.3) is 0 Å². The van der Waals surface area contributed by atoms with Gasteiger partial charge in [-0.1, -0.05) is 12.1 Å². The first kappa shape index (κ1) is 15.0. The van der Waals surface area contributed by atoms with Gasteiger partial charge in [0.05, 0.1) is 12.2 Å². The van der Waals surface area contributed by atoms with Crippen molar-refractivity contribution in [1.82, 2.24) is 4.90 Å². The summed E-state index contributed by atoms with van der Waals surface area (Å²) in [6.07, 6.45) is 1.19. The fourth-order valence-corrected chi connectivity index (χ4v) is 2.66. The van der Waals surface area contributed by atoms with E-state index in [0.717, 1.165) is 26.2 Å². The van der Waals surface area contributed by atoms with E-state index in [0.29, 0.717) is 23.8 Å². The lowest BCUT2D eigenvalue weighted by molar-refractivity contribution is 0.101. The zero-order valence-corrected chi connectivity index (χ0v) is 12.3. The lowest BCUT2D eigenvalue weighted by Gasteiger charge is -2.17. The largest absolute Gasteiger partial charge is 0.491 e. The van der Waals surface area contributed by atoms with Crippen LogP contribution in [0.5, 0.6) is 5.75 Å². The molecule has 1 unspecified atom stereocenters. The summed E-state index contributed by atoms with van der Waals surface area (Å²) in [7, 11) is 1.75. The zero-order chi connectivity index (χ0) is 14.4. The quantitative estimate of drug-likeness (QED) is 0.717. The van der Waals surface area contributed by atoms with Crippen molar-refractivity contribution < 1.29 is 14.3 Å². The highest BCUT2D eigenvalue weighted by Crippen LogP contribution is 2.19. The third kappa shape index (κ3) is 4.05. The van der Waals surface area contributed by atoms with E-state index in [9.17, 15) is 4.79 Å². The Morgan fingerprint density at radius 1 is 1.40 bits per heavy atom. The molecule has 0 aromatic heterocycles. The van der Waals surface area contributed by atoms with Gasteiger partial charge in [0, 0.05) is 20.2 Å². The second-order valence-electron chi connectivity index (χ2n) is 5.31. The first-order valence-corrected chi connectivity index (χ1v) is 7.14. The molecule has 20 heavy (non-hydrogen) atoms. The van der Waals surface area contributed by atoms with Crippen LogP contribution in [0.3, 0.4) is 0 Å². The summed E-state index contributed by atoms with van der Waals surface area (Å²) >= 11 is 0. The zero-order valence-electron chi connectivity index (χ0n) is 12.3. The average molecular weight is 277 g/mol. The molecule has 110 valence electrons. The Kier molecular flexibility index (Phi) is 5.56. The second-order valence-corrected chi connectivity index (χ2v) is 5.31. The molecular weight excluding hydrogens is 254 g/mol. The Hall–Kier alpha value is -1.39. The lowest BCUT2D eigenvalue weighted by Crippen LogP contribution is -2.27. The number of rotatable bonds is 7. The molecule has 1 fully saturated rings. The molecule has 4 nitrogen and oxygen atoms in total. The van der Waals surface area contributed by atoms with Gasteiger partial charge < -0.3 is 9.47 Å². The Balaban J connectivity index is 1.78. The smallest absolute Gasteiger partial charge is 0.163 e. The summed E-state index contributed by atoms with van der Waals surface area (Å²) in [5.74, 6) is 1.37. The van der Waals surface area contributed by atoms with E-state index >= 15 is 0 Å². The van der Waals surface area contributed by atoms with Crippen LogP contribution in [0, 0.1) is 5.92 Å². The maximum absolute atomic E-state index is 11.5. The molecule has 0 N–H and O–H groups in total. The number of carbonyl (C=O) groups excluding carboxylic acids is 1.